The van der Waals surface area contributed by atoms with Gasteiger partial charge in [0.05, 0.1) is 17.6 Å². The van der Waals surface area contributed by atoms with E-state index in [-0.39, 0.29) is 5.41 Å². The number of rotatable bonds is 5. The minimum atomic E-state index is -0.184. The van der Waals surface area contributed by atoms with Crippen LogP contribution in [0.5, 0.6) is 0 Å². The van der Waals surface area contributed by atoms with Gasteiger partial charge in [-0.3, -0.25) is 0 Å². The topological polar surface area (TPSA) is 36.3 Å². The molecule has 0 aromatic carbocycles. The molecule has 0 aromatic heterocycles. The maximum absolute atomic E-state index is 8.95. The average Bonchev–Trinajstić information content (AvgIpc) is 2.29. The lowest BCUT2D eigenvalue weighted by Gasteiger charge is -2.32. The molecule has 0 aliphatic carbocycles. The summed E-state index contributed by atoms with van der Waals surface area (Å²) in [5, 5.41) is 8.95. The third-order valence-electron chi connectivity index (χ3n) is 3.29. The zero-order valence-corrected chi connectivity index (χ0v) is 10.8. The van der Waals surface area contributed by atoms with Crippen molar-refractivity contribution in [3.8, 4) is 6.07 Å². The predicted molar refractivity (Wildman–Crippen MR) is 65.1 cm³/mol. The van der Waals surface area contributed by atoms with E-state index in [0.29, 0.717) is 6.10 Å². The molecule has 3 nitrogen and oxygen atoms in total. The van der Waals surface area contributed by atoms with E-state index in [1.54, 1.807) is 0 Å². The van der Waals surface area contributed by atoms with Crippen LogP contribution in [0.3, 0.4) is 0 Å². The second-order valence-electron chi connectivity index (χ2n) is 5.24. The van der Waals surface area contributed by atoms with Crippen molar-refractivity contribution in [2.75, 3.05) is 26.2 Å². The van der Waals surface area contributed by atoms with Crippen LogP contribution in [-0.4, -0.2) is 37.2 Å². The van der Waals surface area contributed by atoms with Crippen LogP contribution in [0.25, 0.3) is 0 Å². The first-order valence-electron chi connectivity index (χ1n) is 6.32. The molecule has 0 radical (unpaired) electrons. The van der Waals surface area contributed by atoms with Crippen LogP contribution < -0.4 is 0 Å². The summed E-state index contributed by atoms with van der Waals surface area (Å²) in [7, 11) is 0. The fourth-order valence-electron chi connectivity index (χ4n) is 2.03. The smallest absolute Gasteiger partial charge is 0.0684 e. The Labute approximate surface area is 99.4 Å². The molecular weight excluding hydrogens is 200 g/mol. The Kier molecular flexibility index (Phi) is 5.24. The van der Waals surface area contributed by atoms with Gasteiger partial charge in [-0.25, -0.2) is 0 Å². The highest BCUT2D eigenvalue weighted by molar-refractivity contribution is 4.92. The summed E-state index contributed by atoms with van der Waals surface area (Å²) in [6.07, 6.45) is 3.70. The van der Waals surface area contributed by atoms with Gasteiger partial charge in [-0.05, 0) is 46.6 Å². The fourth-order valence-corrected chi connectivity index (χ4v) is 2.03. The molecule has 1 aliphatic rings. The zero-order chi connectivity index (χ0) is 12.0. The molecule has 3 heteroatoms. The Morgan fingerprint density at radius 3 is 2.50 bits per heavy atom. The van der Waals surface area contributed by atoms with Crippen molar-refractivity contribution < 1.29 is 4.74 Å². The van der Waals surface area contributed by atoms with E-state index in [9.17, 15) is 0 Å². The molecule has 0 bridgehead atoms. The third-order valence-corrected chi connectivity index (χ3v) is 3.29. The molecule has 16 heavy (non-hydrogen) atoms. The molecule has 0 unspecified atom stereocenters. The van der Waals surface area contributed by atoms with Gasteiger partial charge in [0.25, 0.3) is 0 Å². The number of nitrogens with zero attached hydrogens (tertiary/aromatic N) is 2. The number of hydrogen-bond donors (Lipinski definition) is 0. The van der Waals surface area contributed by atoms with Crippen LogP contribution in [-0.2, 0) is 4.74 Å². The monoisotopic (exact) mass is 224 g/mol. The van der Waals surface area contributed by atoms with E-state index >= 15 is 0 Å². The maximum atomic E-state index is 8.95. The molecule has 0 N–H and O–H groups in total. The summed E-state index contributed by atoms with van der Waals surface area (Å²) in [6, 6.07) is 2.36. The van der Waals surface area contributed by atoms with E-state index in [1.807, 2.05) is 13.8 Å². The van der Waals surface area contributed by atoms with Crippen LogP contribution in [0.2, 0.25) is 0 Å². The molecule has 1 saturated heterocycles. The van der Waals surface area contributed by atoms with Gasteiger partial charge in [-0.15, -0.1) is 0 Å². The second kappa shape index (κ2) is 6.22. The lowest BCUT2D eigenvalue weighted by molar-refractivity contribution is 0.0129. The molecule has 0 spiro atoms. The van der Waals surface area contributed by atoms with Crippen molar-refractivity contribution >= 4 is 0 Å². The van der Waals surface area contributed by atoms with E-state index in [1.165, 1.54) is 0 Å². The van der Waals surface area contributed by atoms with Gasteiger partial charge in [0.2, 0.25) is 0 Å². The van der Waals surface area contributed by atoms with E-state index in [4.69, 9.17) is 10.00 Å². The summed E-state index contributed by atoms with van der Waals surface area (Å²) in [5.41, 5.74) is -0.184. The van der Waals surface area contributed by atoms with E-state index in [0.717, 1.165) is 45.5 Å². The highest BCUT2D eigenvalue weighted by Gasteiger charge is 2.22. The molecule has 0 atom stereocenters. The minimum absolute atomic E-state index is 0.184. The van der Waals surface area contributed by atoms with Crippen molar-refractivity contribution in [2.45, 2.75) is 46.1 Å². The molecule has 1 aliphatic heterocycles. The molecule has 1 fully saturated rings. The van der Waals surface area contributed by atoms with Crippen LogP contribution in [0, 0.1) is 16.7 Å². The van der Waals surface area contributed by atoms with Gasteiger partial charge < -0.3 is 9.64 Å². The SMILES string of the molecule is CCOC1CCN(CCC(C)(C)C#N)CC1. The van der Waals surface area contributed by atoms with Crippen LogP contribution in [0.1, 0.15) is 40.0 Å². The summed E-state index contributed by atoms with van der Waals surface area (Å²) in [6.45, 7) is 10.2. The summed E-state index contributed by atoms with van der Waals surface area (Å²) >= 11 is 0. The summed E-state index contributed by atoms with van der Waals surface area (Å²) in [5.74, 6) is 0. The largest absolute Gasteiger partial charge is 0.378 e. The molecule has 0 aromatic rings. The Hall–Kier alpha value is -0.590. The first-order valence-corrected chi connectivity index (χ1v) is 6.32. The number of hydrogen-bond acceptors (Lipinski definition) is 3. The Balaban J connectivity index is 2.20. The Morgan fingerprint density at radius 2 is 2.00 bits per heavy atom. The van der Waals surface area contributed by atoms with Crippen molar-refractivity contribution in [1.82, 2.24) is 4.90 Å². The molecule has 0 amide bonds. The lowest BCUT2D eigenvalue weighted by Crippen LogP contribution is -2.38. The molecule has 1 rings (SSSR count). The molecule has 92 valence electrons. The molecule has 0 saturated carbocycles. The predicted octanol–water partition coefficient (Wildman–Crippen LogP) is 2.43. The summed E-state index contributed by atoms with van der Waals surface area (Å²) < 4.78 is 5.62. The zero-order valence-electron chi connectivity index (χ0n) is 10.8. The van der Waals surface area contributed by atoms with Crippen molar-refractivity contribution in [3.63, 3.8) is 0 Å². The minimum Gasteiger partial charge on any atom is -0.378 e. The fraction of sp³-hybridized carbons (Fsp3) is 0.923. The van der Waals surface area contributed by atoms with Crippen molar-refractivity contribution in [1.29, 1.82) is 5.26 Å². The van der Waals surface area contributed by atoms with Crippen LogP contribution >= 0.6 is 0 Å². The highest BCUT2D eigenvalue weighted by atomic mass is 16.5. The Morgan fingerprint density at radius 1 is 1.38 bits per heavy atom. The van der Waals surface area contributed by atoms with Gasteiger partial charge in [0, 0.05) is 19.7 Å². The highest BCUT2D eigenvalue weighted by Crippen LogP contribution is 2.21. The number of likely N-dealkylation sites (tertiary alicyclic amines) is 1. The second-order valence-corrected chi connectivity index (χ2v) is 5.24. The van der Waals surface area contributed by atoms with Gasteiger partial charge in [0.1, 0.15) is 0 Å². The van der Waals surface area contributed by atoms with Crippen LogP contribution in [0.15, 0.2) is 0 Å². The summed E-state index contributed by atoms with van der Waals surface area (Å²) in [4.78, 5) is 2.45. The average molecular weight is 224 g/mol. The number of ether oxygens (including phenoxy) is 1. The molecule has 1 heterocycles. The number of nitriles is 1. The molecular formula is C13H24N2O. The van der Waals surface area contributed by atoms with E-state index < -0.39 is 0 Å². The van der Waals surface area contributed by atoms with Crippen molar-refractivity contribution in [2.24, 2.45) is 5.41 Å². The van der Waals surface area contributed by atoms with Gasteiger partial charge >= 0.3 is 0 Å². The first kappa shape index (κ1) is 13.5. The lowest BCUT2D eigenvalue weighted by atomic mass is 9.91. The van der Waals surface area contributed by atoms with Gasteiger partial charge in [-0.2, -0.15) is 5.26 Å². The van der Waals surface area contributed by atoms with Gasteiger partial charge in [-0.1, -0.05) is 0 Å². The standard InChI is InChI=1S/C13H24N2O/c1-4-16-12-5-8-15(9-6-12)10-7-13(2,3)11-14/h12H,4-10H2,1-3H3. The Bertz CT molecular complexity index is 237. The maximum Gasteiger partial charge on any atom is 0.0684 e. The first-order chi connectivity index (χ1) is 7.57. The number of piperidine rings is 1. The van der Waals surface area contributed by atoms with Crippen LogP contribution in [0.4, 0.5) is 0 Å². The van der Waals surface area contributed by atoms with Gasteiger partial charge in [0.15, 0.2) is 0 Å². The quantitative estimate of drug-likeness (QED) is 0.719. The van der Waals surface area contributed by atoms with Crippen molar-refractivity contribution in [3.05, 3.63) is 0 Å². The third kappa shape index (κ3) is 4.51. The normalized spacial score (nSPS) is 19.6. The van der Waals surface area contributed by atoms with E-state index in [2.05, 4.69) is 17.9 Å².